The molecular weight excluding hydrogens is 318 g/mol. The fourth-order valence-electron chi connectivity index (χ4n) is 2.41. The van der Waals surface area contributed by atoms with E-state index in [1.54, 1.807) is 6.07 Å². The number of hydrogen-bond donors (Lipinski definition) is 2. The number of aryl methyl sites for hydroxylation is 2. The van der Waals surface area contributed by atoms with E-state index < -0.39 is 0 Å². The lowest BCUT2D eigenvalue weighted by Crippen LogP contribution is -2.26. The Labute approximate surface area is 146 Å². The van der Waals surface area contributed by atoms with E-state index in [-0.39, 0.29) is 19.2 Å². The van der Waals surface area contributed by atoms with Crippen molar-refractivity contribution in [3.05, 3.63) is 53.1 Å². The van der Waals surface area contributed by atoms with Gasteiger partial charge in [0.05, 0.1) is 12.3 Å². The van der Waals surface area contributed by atoms with Crippen LogP contribution in [0, 0.1) is 13.8 Å². The van der Waals surface area contributed by atoms with Gasteiger partial charge >= 0.3 is 0 Å². The number of nitrogens with zero attached hydrogens (tertiary/aromatic N) is 1. The van der Waals surface area contributed by atoms with E-state index in [2.05, 4.69) is 35.8 Å². The van der Waals surface area contributed by atoms with Crippen molar-refractivity contribution in [3.8, 4) is 11.5 Å². The van der Waals surface area contributed by atoms with Gasteiger partial charge in [-0.3, -0.25) is 4.79 Å². The molecule has 0 saturated carbocycles. The maximum atomic E-state index is 12.0. The zero-order valence-electron chi connectivity index (χ0n) is 14.6. The average Bonchev–Trinajstić information content (AvgIpc) is 3.08. The molecule has 1 amide bonds. The quantitative estimate of drug-likeness (QED) is 0.649. The largest absolute Gasteiger partial charge is 0.454 e. The Morgan fingerprint density at radius 3 is 2.68 bits per heavy atom. The molecule has 0 aliphatic carbocycles. The highest BCUT2D eigenvalue weighted by Gasteiger charge is 2.13. The van der Waals surface area contributed by atoms with Gasteiger partial charge in [-0.1, -0.05) is 12.1 Å². The average molecular weight is 339 g/mol. The molecule has 2 N–H and O–H groups in total. The van der Waals surface area contributed by atoms with Crippen LogP contribution in [0.5, 0.6) is 11.5 Å². The molecule has 1 heterocycles. The van der Waals surface area contributed by atoms with Crippen LogP contribution in [0.4, 0.5) is 5.69 Å². The molecule has 2 aromatic carbocycles. The predicted molar refractivity (Wildman–Crippen MR) is 97.3 cm³/mol. The minimum Gasteiger partial charge on any atom is -0.454 e. The highest BCUT2D eigenvalue weighted by atomic mass is 16.7. The van der Waals surface area contributed by atoms with E-state index in [9.17, 15) is 4.79 Å². The van der Waals surface area contributed by atoms with Crippen molar-refractivity contribution in [1.29, 1.82) is 0 Å². The summed E-state index contributed by atoms with van der Waals surface area (Å²) in [5.41, 5.74) is 7.54. The molecule has 1 aliphatic rings. The summed E-state index contributed by atoms with van der Waals surface area (Å²) in [4.78, 5) is 12.0. The fraction of sp³-hybridized carbons (Fsp3) is 0.263. The van der Waals surface area contributed by atoms with Crippen molar-refractivity contribution in [3.63, 3.8) is 0 Å². The van der Waals surface area contributed by atoms with E-state index in [0.29, 0.717) is 11.5 Å². The molecule has 0 fully saturated rings. The van der Waals surface area contributed by atoms with E-state index in [0.717, 1.165) is 17.0 Å². The molecule has 0 bridgehead atoms. The standard InChI is InChI=1S/C19H21N3O3/c1-12-4-5-15(8-13(12)2)14(3)21-22-19(23)10-20-16-6-7-17-18(9-16)25-11-24-17/h4-9,20H,10-11H2,1-3H3,(H,22,23)/b21-14-. The topological polar surface area (TPSA) is 72.0 Å². The SMILES string of the molecule is C/C(=N/NC(=O)CNc1ccc2c(c1)OCO2)c1ccc(C)c(C)c1. The van der Waals surface area contributed by atoms with Crippen LogP contribution in [0.1, 0.15) is 23.6 Å². The third-order valence-electron chi connectivity index (χ3n) is 4.10. The first-order chi connectivity index (χ1) is 12.0. The van der Waals surface area contributed by atoms with Gasteiger partial charge in [0.2, 0.25) is 6.79 Å². The fourth-order valence-corrected chi connectivity index (χ4v) is 2.41. The summed E-state index contributed by atoms with van der Waals surface area (Å²) in [6.07, 6.45) is 0. The lowest BCUT2D eigenvalue weighted by molar-refractivity contribution is -0.119. The van der Waals surface area contributed by atoms with Crippen LogP contribution in [0.3, 0.4) is 0 Å². The van der Waals surface area contributed by atoms with E-state index in [1.165, 1.54) is 11.1 Å². The molecule has 6 nitrogen and oxygen atoms in total. The van der Waals surface area contributed by atoms with Gasteiger partial charge in [0.25, 0.3) is 5.91 Å². The van der Waals surface area contributed by atoms with E-state index in [1.807, 2.05) is 31.2 Å². The van der Waals surface area contributed by atoms with Crippen molar-refractivity contribution < 1.29 is 14.3 Å². The first kappa shape index (κ1) is 16.8. The van der Waals surface area contributed by atoms with Gasteiger partial charge in [0.1, 0.15) is 0 Å². The lowest BCUT2D eigenvalue weighted by atomic mass is 10.0. The van der Waals surface area contributed by atoms with Gasteiger partial charge in [-0.15, -0.1) is 0 Å². The van der Waals surface area contributed by atoms with Gasteiger partial charge in [-0.2, -0.15) is 5.10 Å². The van der Waals surface area contributed by atoms with Crippen LogP contribution < -0.4 is 20.2 Å². The van der Waals surface area contributed by atoms with Crippen LogP contribution in [-0.2, 0) is 4.79 Å². The molecule has 0 spiro atoms. The Kier molecular flexibility index (Phi) is 4.88. The second kappa shape index (κ2) is 7.25. The molecule has 0 saturated heterocycles. The highest BCUT2D eigenvalue weighted by Crippen LogP contribution is 2.34. The molecule has 0 radical (unpaired) electrons. The van der Waals surface area contributed by atoms with Crippen molar-refractivity contribution in [2.75, 3.05) is 18.7 Å². The van der Waals surface area contributed by atoms with E-state index >= 15 is 0 Å². The van der Waals surface area contributed by atoms with Gasteiger partial charge in [0, 0.05) is 11.8 Å². The Morgan fingerprint density at radius 1 is 1.08 bits per heavy atom. The van der Waals surface area contributed by atoms with Crippen LogP contribution in [-0.4, -0.2) is 25.0 Å². The normalized spacial score (nSPS) is 12.8. The summed E-state index contributed by atoms with van der Waals surface area (Å²) in [7, 11) is 0. The van der Waals surface area contributed by atoms with Gasteiger partial charge in [-0.25, -0.2) is 5.43 Å². The minimum absolute atomic E-state index is 0.114. The van der Waals surface area contributed by atoms with Gasteiger partial charge in [-0.05, 0) is 55.7 Å². The van der Waals surface area contributed by atoms with Gasteiger partial charge in [0.15, 0.2) is 11.5 Å². The Balaban J connectivity index is 1.54. The summed E-state index contributed by atoms with van der Waals surface area (Å²) in [6, 6.07) is 11.6. The molecule has 3 rings (SSSR count). The molecular formula is C19H21N3O3. The number of anilines is 1. The first-order valence-electron chi connectivity index (χ1n) is 8.07. The highest BCUT2D eigenvalue weighted by molar-refractivity contribution is 5.99. The molecule has 25 heavy (non-hydrogen) atoms. The summed E-state index contributed by atoms with van der Waals surface area (Å²) in [5, 5.41) is 7.21. The molecule has 1 aliphatic heterocycles. The summed E-state index contributed by atoms with van der Waals surface area (Å²) < 4.78 is 10.6. The number of rotatable bonds is 5. The zero-order chi connectivity index (χ0) is 17.8. The van der Waals surface area contributed by atoms with Crippen LogP contribution in [0.15, 0.2) is 41.5 Å². The summed E-state index contributed by atoms with van der Waals surface area (Å²) in [5.74, 6) is 1.17. The number of amides is 1. The molecule has 0 atom stereocenters. The summed E-state index contributed by atoms with van der Waals surface area (Å²) in [6.45, 7) is 6.33. The van der Waals surface area contributed by atoms with Crippen molar-refractivity contribution >= 4 is 17.3 Å². The first-order valence-corrected chi connectivity index (χ1v) is 8.07. The lowest BCUT2D eigenvalue weighted by Gasteiger charge is -2.08. The second-order valence-corrected chi connectivity index (χ2v) is 5.95. The molecule has 0 aromatic heterocycles. The van der Waals surface area contributed by atoms with Crippen molar-refractivity contribution in [2.24, 2.45) is 5.10 Å². The van der Waals surface area contributed by atoms with Crippen LogP contribution in [0.25, 0.3) is 0 Å². The predicted octanol–water partition coefficient (Wildman–Crippen LogP) is 2.98. The number of ether oxygens (including phenoxy) is 2. The maximum Gasteiger partial charge on any atom is 0.259 e. The number of benzene rings is 2. The molecule has 6 heteroatoms. The molecule has 2 aromatic rings. The third kappa shape index (κ3) is 4.09. The number of carbonyl (C=O) groups excluding carboxylic acids is 1. The monoisotopic (exact) mass is 339 g/mol. The Morgan fingerprint density at radius 2 is 1.88 bits per heavy atom. The zero-order valence-corrected chi connectivity index (χ0v) is 14.6. The number of hydrazone groups is 1. The Bertz CT molecular complexity index is 831. The summed E-state index contributed by atoms with van der Waals surface area (Å²) >= 11 is 0. The Hall–Kier alpha value is -3.02. The number of carbonyl (C=O) groups is 1. The number of hydrogen-bond acceptors (Lipinski definition) is 5. The van der Waals surface area contributed by atoms with E-state index in [4.69, 9.17) is 9.47 Å². The number of fused-ring (bicyclic) bond motifs is 1. The third-order valence-corrected chi connectivity index (χ3v) is 4.10. The van der Waals surface area contributed by atoms with Crippen LogP contribution >= 0.6 is 0 Å². The molecule has 130 valence electrons. The van der Waals surface area contributed by atoms with Crippen molar-refractivity contribution in [1.82, 2.24) is 5.43 Å². The van der Waals surface area contributed by atoms with Gasteiger partial charge < -0.3 is 14.8 Å². The van der Waals surface area contributed by atoms with Crippen molar-refractivity contribution in [2.45, 2.75) is 20.8 Å². The smallest absolute Gasteiger partial charge is 0.259 e. The molecule has 0 unspecified atom stereocenters. The second-order valence-electron chi connectivity index (χ2n) is 5.95. The number of nitrogens with one attached hydrogen (secondary N) is 2. The minimum atomic E-state index is -0.221. The van der Waals surface area contributed by atoms with Crippen LogP contribution in [0.2, 0.25) is 0 Å². The maximum absolute atomic E-state index is 12.0.